The molecule has 2 aromatic rings. The lowest BCUT2D eigenvalue weighted by Crippen LogP contribution is -2.21. The third-order valence-electron chi connectivity index (χ3n) is 2.75. The molecule has 19 heavy (non-hydrogen) atoms. The molecule has 100 valence electrons. The van der Waals surface area contributed by atoms with Gasteiger partial charge in [0.25, 0.3) is 0 Å². The summed E-state index contributed by atoms with van der Waals surface area (Å²) in [5.41, 5.74) is 1.14. The first kappa shape index (κ1) is 13.8. The maximum Gasteiger partial charge on any atom is 0.321 e. The van der Waals surface area contributed by atoms with Gasteiger partial charge in [0.1, 0.15) is 5.75 Å². The number of rotatable bonds is 5. The molecule has 0 fully saturated rings. The number of ether oxygens (including phenoxy) is 1. The SMILES string of the molecule is CCN(CC)c1cccc(Oc2ncc(Br)cn2)c1. The maximum atomic E-state index is 5.64. The third kappa shape index (κ3) is 3.67. The van der Waals surface area contributed by atoms with Gasteiger partial charge in [-0.3, -0.25) is 0 Å². The van der Waals surface area contributed by atoms with Crippen LogP contribution >= 0.6 is 15.9 Å². The molecule has 0 amide bonds. The second-order valence-electron chi connectivity index (χ2n) is 3.96. The van der Waals surface area contributed by atoms with Crippen molar-refractivity contribution in [3.05, 3.63) is 41.1 Å². The molecule has 0 aliphatic rings. The van der Waals surface area contributed by atoms with Crippen LogP contribution < -0.4 is 9.64 Å². The van der Waals surface area contributed by atoms with Crippen molar-refractivity contribution >= 4 is 21.6 Å². The van der Waals surface area contributed by atoms with Crippen molar-refractivity contribution in [1.82, 2.24) is 9.97 Å². The van der Waals surface area contributed by atoms with E-state index in [-0.39, 0.29) is 0 Å². The molecule has 0 aliphatic carbocycles. The first-order valence-electron chi connectivity index (χ1n) is 6.23. The molecule has 1 aromatic carbocycles. The number of anilines is 1. The fraction of sp³-hybridized carbons (Fsp3) is 0.286. The smallest absolute Gasteiger partial charge is 0.321 e. The predicted molar refractivity (Wildman–Crippen MR) is 79.8 cm³/mol. The van der Waals surface area contributed by atoms with Gasteiger partial charge in [-0.1, -0.05) is 6.07 Å². The highest BCUT2D eigenvalue weighted by Gasteiger charge is 2.05. The molecule has 0 aliphatic heterocycles. The molecule has 0 atom stereocenters. The van der Waals surface area contributed by atoms with Crippen molar-refractivity contribution in [3.8, 4) is 11.8 Å². The second kappa shape index (κ2) is 6.52. The van der Waals surface area contributed by atoms with E-state index in [2.05, 4.69) is 50.7 Å². The summed E-state index contributed by atoms with van der Waals surface area (Å²) in [6.45, 7) is 6.20. The van der Waals surface area contributed by atoms with E-state index in [0.717, 1.165) is 29.0 Å². The predicted octanol–water partition coefficient (Wildman–Crippen LogP) is 3.88. The summed E-state index contributed by atoms with van der Waals surface area (Å²) in [6, 6.07) is 8.29. The van der Waals surface area contributed by atoms with Crippen molar-refractivity contribution in [1.29, 1.82) is 0 Å². The fourth-order valence-electron chi connectivity index (χ4n) is 1.79. The van der Waals surface area contributed by atoms with Gasteiger partial charge in [0.05, 0.1) is 4.47 Å². The zero-order chi connectivity index (χ0) is 13.7. The van der Waals surface area contributed by atoms with E-state index in [1.54, 1.807) is 12.4 Å². The molecule has 0 spiro atoms. The van der Waals surface area contributed by atoms with Gasteiger partial charge >= 0.3 is 6.01 Å². The lowest BCUT2D eigenvalue weighted by Gasteiger charge is -2.21. The summed E-state index contributed by atoms with van der Waals surface area (Å²) in [5.74, 6) is 0.742. The number of nitrogens with zero attached hydrogens (tertiary/aromatic N) is 3. The van der Waals surface area contributed by atoms with Gasteiger partial charge in [-0.25, -0.2) is 9.97 Å². The summed E-state index contributed by atoms with van der Waals surface area (Å²) in [7, 11) is 0. The zero-order valence-electron chi connectivity index (χ0n) is 11.0. The van der Waals surface area contributed by atoms with Crippen LogP contribution in [0.15, 0.2) is 41.1 Å². The molecule has 4 nitrogen and oxygen atoms in total. The van der Waals surface area contributed by atoms with E-state index in [1.165, 1.54) is 0 Å². The molecule has 0 bridgehead atoms. The van der Waals surface area contributed by atoms with Crippen LogP contribution in [0.2, 0.25) is 0 Å². The van der Waals surface area contributed by atoms with Crippen LogP contribution in [0.25, 0.3) is 0 Å². The number of hydrogen-bond donors (Lipinski definition) is 0. The van der Waals surface area contributed by atoms with Gasteiger partial charge in [-0.05, 0) is 41.9 Å². The monoisotopic (exact) mass is 321 g/mol. The Morgan fingerprint density at radius 1 is 1.16 bits per heavy atom. The molecule has 5 heteroatoms. The number of benzene rings is 1. The maximum absolute atomic E-state index is 5.64. The van der Waals surface area contributed by atoms with Crippen LogP contribution in [0.4, 0.5) is 5.69 Å². The van der Waals surface area contributed by atoms with Gasteiger partial charge in [-0.2, -0.15) is 0 Å². The second-order valence-corrected chi connectivity index (χ2v) is 4.87. The lowest BCUT2D eigenvalue weighted by molar-refractivity contribution is 0.441. The average Bonchev–Trinajstić information content (AvgIpc) is 2.43. The van der Waals surface area contributed by atoms with E-state index in [9.17, 15) is 0 Å². The van der Waals surface area contributed by atoms with E-state index >= 15 is 0 Å². The highest BCUT2D eigenvalue weighted by atomic mass is 79.9. The van der Waals surface area contributed by atoms with Crippen LogP contribution in [-0.2, 0) is 0 Å². The quantitative estimate of drug-likeness (QED) is 0.837. The Morgan fingerprint density at radius 2 is 1.84 bits per heavy atom. The Balaban J connectivity index is 2.17. The highest BCUT2D eigenvalue weighted by Crippen LogP contribution is 2.24. The normalized spacial score (nSPS) is 10.3. The van der Waals surface area contributed by atoms with Gasteiger partial charge in [0, 0.05) is 37.2 Å². The number of halogens is 1. The minimum atomic E-state index is 0.347. The van der Waals surface area contributed by atoms with E-state index < -0.39 is 0 Å². The van der Waals surface area contributed by atoms with Gasteiger partial charge < -0.3 is 9.64 Å². The van der Waals surface area contributed by atoms with Crippen LogP contribution in [0.5, 0.6) is 11.8 Å². The van der Waals surface area contributed by atoms with E-state index in [4.69, 9.17) is 4.74 Å². The largest absolute Gasteiger partial charge is 0.424 e. The summed E-state index contributed by atoms with van der Waals surface area (Å²) in [4.78, 5) is 10.4. The molecular formula is C14H16BrN3O. The topological polar surface area (TPSA) is 38.2 Å². The molecule has 0 radical (unpaired) electrons. The zero-order valence-corrected chi connectivity index (χ0v) is 12.6. The fourth-order valence-corrected chi connectivity index (χ4v) is 2.00. The molecule has 0 saturated carbocycles. The summed E-state index contributed by atoms with van der Waals surface area (Å²) >= 11 is 3.29. The number of hydrogen-bond acceptors (Lipinski definition) is 4. The third-order valence-corrected chi connectivity index (χ3v) is 3.16. The van der Waals surface area contributed by atoms with Crippen molar-refractivity contribution < 1.29 is 4.74 Å². The summed E-state index contributed by atoms with van der Waals surface area (Å²) < 4.78 is 6.47. The van der Waals surface area contributed by atoms with Crippen molar-refractivity contribution in [2.75, 3.05) is 18.0 Å². The van der Waals surface area contributed by atoms with Crippen molar-refractivity contribution in [3.63, 3.8) is 0 Å². The molecule has 2 rings (SSSR count). The Hall–Kier alpha value is -1.62. The standard InChI is InChI=1S/C14H16BrN3O/c1-3-18(4-2)12-6-5-7-13(8-12)19-14-16-9-11(15)10-17-14/h5-10H,3-4H2,1-2H3. The summed E-state index contributed by atoms with van der Waals surface area (Å²) in [6.07, 6.45) is 3.33. The van der Waals surface area contributed by atoms with Gasteiger partial charge in [-0.15, -0.1) is 0 Å². The lowest BCUT2D eigenvalue weighted by atomic mass is 10.2. The van der Waals surface area contributed by atoms with Crippen LogP contribution in [0.1, 0.15) is 13.8 Å². The van der Waals surface area contributed by atoms with Crippen molar-refractivity contribution in [2.24, 2.45) is 0 Å². The summed E-state index contributed by atoms with van der Waals surface area (Å²) in [5, 5.41) is 0. The van der Waals surface area contributed by atoms with E-state index in [0.29, 0.717) is 6.01 Å². The Kier molecular flexibility index (Phi) is 4.74. The molecular weight excluding hydrogens is 306 g/mol. The van der Waals surface area contributed by atoms with Crippen LogP contribution in [-0.4, -0.2) is 23.1 Å². The number of aromatic nitrogens is 2. The Bertz CT molecular complexity index is 526. The van der Waals surface area contributed by atoms with Crippen LogP contribution in [0.3, 0.4) is 0 Å². The van der Waals surface area contributed by atoms with Gasteiger partial charge in [0.2, 0.25) is 0 Å². The molecule has 1 aromatic heterocycles. The minimum Gasteiger partial charge on any atom is -0.424 e. The molecule has 0 saturated heterocycles. The molecule has 0 N–H and O–H groups in total. The molecule has 0 unspecified atom stereocenters. The highest BCUT2D eigenvalue weighted by molar-refractivity contribution is 9.10. The molecule has 1 heterocycles. The van der Waals surface area contributed by atoms with Gasteiger partial charge in [0.15, 0.2) is 0 Å². The Morgan fingerprint density at radius 3 is 2.47 bits per heavy atom. The average molecular weight is 322 g/mol. The minimum absolute atomic E-state index is 0.347. The van der Waals surface area contributed by atoms with Crippen LogP contribution in [0, 0.1) is 0 Å². The van der Waals surface area contributed by atoms with E-state index in [1.807, 2.05) is 18.2 Å². The first-order chi connectivity index (χ1) is 9.22. The first-order valence-corrected chi connectivity index (χ1v) is 7.02. The Labute approximate surface area is 121 Å². The van der Waals surface area contributed by atoms with Crippen molar-refractivity contribution in [2.45, 2.75) is 13.8 Å².